The Morgan fingerprint density at radius 3 is 2.41 bits per heavy atom. The van der Waals surface area contributed by atoms with Gasteiger partial charge in [0, 0.05) is 43.8 Å². The first-order valence-corrected chi connectivity index (χ1v) is 10.5. The number of likely N-dealkylation sites (tertiary alicyclic amines) is 1. The smallest absolute Gasteiger partial charge is 0.255 e. The molecule has 1 N–H and O–H groups in total. The highest BCUT2D eigenvalue weighted by Gasteiger charge is 2.26. The lowest BCUT2D eigenvalue weighted by Gasteiger charge is -2.36. The van der Waals surface area contributed by atoms with Gasteiger partial charge in [-0.15, -0.1) is 0 Å². The van der Waals surface area contributed by atoms with Crippen LogP contribution in [0.3, 0.4) is 0 Å². The van der Waals surface area contributed by atoms with Crippen molar-refractivity contribution in [3.63, 3.8) is 0 Å². The fourth-order valence-corrected chi connectivity index (χ4v) is 3.99. The van der Waals surface area contributed by atoms with Gasteiger partial charge in [-0.1, -0.05) is 26.0 Å². The molecule has 3 rings (SSSR count). The van der Waals surface area contributed by atoms with Crippen LogP contribution in [0.5, 0.6) is 0 Å². The number of benzene rings is 1. The number of anilines is 1. The van der Waals surface area contributed by atoms with E-state index in [9.17, 15) is 9.59 Å². The molecule has 2 fully saturated rings. The van der Waals surface area contributed by atoms with Crippen LogP contribution in [0.15, 0.2) is 24.3 Å². The highest BCUT2D eigenvalue weighted by atomic mass is 16.2. The molecule has 0 radical (unpaired) electrons. The average molecular weight is 372 g/mol. The molecule has 2 aliphatic rings. The fourth-order valence-electron chi connectivity index (χ4n) is 3.99. The number of para-hydroxylation sites is 1. The predicted octanol–water partition coefficient (Wildman–Crippen LogP) is 3.44. The van der Waals surface area contributed by atoms with Gasteiger partial charge in [-0.25, -0.2) is 0 Å². The van der Waals surface area contributed by atoms with Crippen LogP contribution in [0.1, 0.15) is 62.7 Å². The maximum Gasteiger partial charge on any atom is 0.255 e. The summed E-state index contributed by atoms with van der Waals surface area (Å²) in [5.74, 6) is 0.403. The van der Waals surface area contributed by atoms with Gasteiger partial charge in [-0.05, 0) is 50.7 Å². The summed E-state index contributed by atoms with van der Waals surface area (Å²) in [6, 6.07) is 8.24. The third-order valence-corrected chi connectivity index (χ3v) is 6.02. The normalized spacial score (nSPS) is 19.6. The van der Waals surface area contributed by atoms with Gasteiger partial charge in [0.25, 0.3) is 5.91 Å². The Hall–Kier alpha value is -2.04. The van der Waals surface area contributed by atoms with E-state index in [1.165, 1.54) is 6.42 Å². The molecule has 5 nitrogen and oxygen atoms in total. The standard InChI is InChI=1S/C22H33N3O2/c1-3-17(2)21(26)23-18-11-15-24(16-12-18)20-10-6-5-9-19(20)22(27)25-13-7-4-8-14-25/h5-6,9-10,17-18H,3-4,7-8,11-16H2,1-2H3,(H,23,26)/t17-/m1/s1. The number of amides is 2. The summed E-state index contributed by atoms with van der Waals surface area (Å²) in [6.45, 7) is 7.51. The van der Waals surface area contributed by atoms with E-state index in [2.05, 4.69) is 16.3 Å². The van der Waals surface area contributed by atoms with Gasteiger partial charge in [0.05, 0.1) is 5.56 Å². The fraction of sp³-hybridized carbons (Fsp3) is 0.636. The van der Waals surface area contributed by atoms with E-state index >= 15 is 0 Å². The van der Waals surface area contributed by atoms with Crippen LogP contribution in [0, 0.1) is 5.92 Å². The van der Waals surface area contributed by atoms with Gasteiger partial charge in [0.15, 0.2) is 0 Å². The second-order valence-corrected chi connectivity index (χ2v) is 7.95. The molecule has 0 aliphatic carbocycles. The topological polar surface area (TPSA) is 52.7 Å². The van der Waals surface area contributed by atoms with Crippen molar-refractivity contribution >= 4 is 17.5 Å². The van der Waals surface area contributed by atoms with Crippen LogP contribution in [0.2, 0.25) is 0 Å². The minimum absolute atomic E-state index is 0.0749. The average Bonchev–Trinajstić information content (AvgIpc) is 2.73. The molecule has 2 aliphatic heterocycles. The molecule has 2 saturated heterocycles. The lowest BCUT2D eigenvalue weighted by molar-refractivity contribution is -0.125. The number of piperidine rings is 2. The number of rotatable bonds is 5. The Morgan fingerprint density at radius 2 is 1.74 bits per heavy atom. The van der Waals surface area contributed by atoms with E-state index in [0.29, 0.717) is 0 Å². The number of hydrogen-bond donors (Lipinski definition) is 1. The molecular weight excluding hydrogens is 338 g/mol. The number of carbonyl (C=O) groups is 2. The molecule has 0 saturated carbocycles. The Labute approximate surface area is 163 Å². The third-order valence-electron chi connectivity index (χ3n) is 6.02. The summed E-state index contributed by atoms with van der Waals surface area (Å²) in [6.07, 6.45) is 6.16. The molecule has 5 heteroatoms. The lowest BCUT2D eigenvalue weighted by atomic mass is 10.0. The summed E-state index contributed by atoms with van der Waals surface area (Å²) in [5, 5.41) is 3.19. The number of nitrogens with one attached hydrogen (secondary N) is 1. The molecular formula is C22H33N3O2. The zero-order valence-electron chi connectivity index (χ0n) is 16.7. The van der Waals surface area contributed by atoms with Gasteiger partial charge in [0.1, 0.15) is 0 Å². The maximum atomic E-state index is 13.0. The minimum atomic E-state index is 0.0749. The molecule has 0 spiro atoms. The number of nitrogens with zero attached hydrogens (tertiary/aromatic N) is 2. The molecule has 148 valence electrons. The largest absolute Gasteiger partial charge is 0.371 e. The Morgan fingerprint density at radius 1 is 1.07 bits per heavy atom. The zero-order chi connectivity index (χ0) is 19.2. The van der Waals surface area contributed by atoms with Crippen LogP contribution >= 0.6 is 0 Å². The molecule has 1 atom stereocenters. The van der Waals surface area contributed by atoms with Gasteiger partial charge < -0.3 is 15.1 Å². The summed E-state index contributed by atoms with van der Waals surface area (Å²) in [7, 11) is 0. The van der Waals surface area contributed by atoms with Gasteiger partial charge in [-0.3, -0.25) is 9.59 Å². The van der Waals surface area contributed by atoms with Crippen molar-refractivity contribution in [1.29, 1.82) is 0 Å². The SMILES string of the molecule is CC[C@@H](C)C(=O)NC1CCN(c2ccccc2C(=O)N2CCCCC2)CC1. The molecule has 2 heterocycles. The summed E-state index contributed by atoms with van der Waals surface area (Å²) >= 11 is 0. The van der Waals surface area contributed by atoms with E-state index in [1.807, 2.05) is 36.9 Å². The summed E-state index contributed by atoms with van der Waals surface area (Å²) in [4.78, 5) is 29.5. The highest BCUT2D eigenvalue weighted by molar-refractivity contribution is 5.99. The van der Waals surface area contributed by atoms with Crippen molar-refractivity contribution in [3.8, 4) is 0 Å². The summed E-state index contributed by atoms with van der Waals surface area (Å²) in [5.41, 5.74) is 1.86. The van der Waals surface area contributed by atoms with Crippen LogP contribution in [-0.2, 0) is 4.79 Å². The molecule has 27 heavy (non-hydrogen) atoms. The Balaban J connectivity index is 1.63. The predicted molar refractivity (Wildman–Crippen MR) is 109 cm³/mol. The second kappa shape index (κ2) is 9.25. The lowest BCUT2D eigenvalue weighted by Crippen LogP contribution is -2.46. The second-order valence-electron chi connectivity index (χ2n) is 7.95. The molecule has 1 aromatic rings. The van der Waals surface area contributed by atoms with Crippen molar-refractivity contribution < 1.29 is 9.59 Å². The third kappa shape index (κ3) is 4.82. The van der Waals surface area contributed by atoms with Crippen LogP contribution in [0.25, 0.3) is 0 Å². The first-order valence-electron chi connectivity index (χ1n) is 10.5. The quantitative estimate of drug-likeness (QED) is 0.863. The Kier molecular flexibility index (Phi) is 6.75. The first kappa shape index (κ1) is 19.7. The summed E-state index contributed by atoms with van der Waals surface area (Å²) < 4.78 is 0. The van der Waals surface area contributed by atoms with Gasteiger partial charge >= 0.3 is 0 Å². The molecule has 0 unspecified atom stereocenters. The van der Waals surface area contributed by atoms with Crippen LogP contribution in [-0.4, -0.2) is 48.9 Å². The van der Waals surface area contributed by atoms with Crippen LogP contribution < -0.4 is 10.2 Å². The monoisotopic (exact) mass is 371 g/mol. The zero-order valence-corrected chi connectivity index (χ0v) is 16.7. The van der Waals surface area contributed by atoms with Crippen molar-refractivity contribution in [1.82, 2.24) is 10.2 Å². The van der Waals surface area contributed by atoms with Crippen molar-refractivity contribution in [2.45, 2.75) is 58.4 Å². The highest BCUT2D eigenvalue weighted by Crippen LogP contribution is 2.26. The van der Waals surface area contributed by atoms with Crippen molar-refractivity contribution in [3.05, 3.63) is 29.8 Å². The van der Waals surface area contributed by atoms with E-state index < -0.39 is 0 Å². The van der Waals surface area contributed by atoms with E-state index in [4.69, 9.17) is 0 Å². The van der Waals surface area contributed by atoms with Gasteiger partial charge in [0.2, 0.25) is 5.91 Å². The molecule has 0 aromatic heterocycles. The van der Waals surface area contributed by atoms with Crippen molar-refractivity contribution in [2.75, 3.05) is 31.1 Å². The maximum absolute atomic E-state index is 13.0. The minimum Gasteiger partial charge on any atom is -0.371 e. The molecule has 1 aromatic carbocycles. The Bertz CT molecular complexity index is 647. The molecule has 0 bridgehead atoms. The molecule has 2 amide bonds. The van der Waals surface area contributed by atoms with Crippen LogP contribution in [0.4, 0.5) is 5.69 Å². The van der Waals surface area contributed by atoms with E-state index in [1.54, 1.807) is 0 Å². The van der Waals surface area contributed by atoms with Crippen molar-refractivity contribution in [2.24, 2.45) is 5.92 Å². The van der Waals surface area contributed by atoms with Gasteiger partial charge in [-0.2, -0.15) is 0 Å². The van der Waals surface area contributed by atoms with E-state index in [0.717, 1.165) is 69.5 Å². The number of hydrogen-bond acceptors (Lipinski definition) is 3. The number of carbonyl (C=O) groups excluding carboxylic acids is 2. The van der Waals surface area contributed by atoms with E-state index in [-0.39, 0.29) is 23.8 Å². The first-order chi connectivity index (χ1) is 13.1.